The van der Waals surface area contributed by atoms with Crippen LogP contribution in [0, 0.1) is 0 Å². The lowest BCUT2D eigenvalue weighted by Crippen LogP contribution is -2.48. The first-order valence-corrected chi connectivity index (χ1v) is 7.80. The molecule has 6 nitrogen and oxygen atoms in total. The predicted molar refractivity (Wildman–Crippen MR) is 80.6 cm³/mol. The Hall–Kier alpha value is -1.40. The van der Waals surface area contributed by atoms with E-state index in [0.29, 0.717) is 17.9 Å². The highest BCUT2D eigenvalue weighted by molar-refractivity contribution is 5.27. The molecule has 3 rings (SSSR count). The molecule has 2 atom stereocenters. The average molecular weight is 292 g/mol. The van der Waals surface area contributed by atoms with Gasteiger partial charge in [-0.05, 0) is 33.2 Å². The highest BCUT2D eigenvalue weighted by Gasteiger charge is 2.32. The molecule has 3 heterocycles. The smallest absolute Gasteiger partial charge is 0.226 e. The number of rotatable bonds is 5. The summed E-state index contributed by atoms with van der Waals surface area (Å²) in [4.78, 5) is 11.1. The van der Waals surface area contributed by atoms with Crippen molar-refractivity contribution >= 4 is 5.95 Å². The normalized spacial score (nSPS) is 25.9. The van der Waals surface area contributed by atoms with E-state index in [1.54, 1.807) is 12.3 Å². The van der Waals surface area contributed by atoms with E-state index in [2.05, 4.69) is 20.2 Å². The summed E-state index contributed by atoms with van der Waals surface area (Å²) < 4.78 is 11.5. The second-order valence-corrected chi connectivity index (χ2v) is 6.01. The maximum absolute atomic E-state index is 5.92. The standard InChI is InChI=1S/C15H24N4O2/c1-11(2)21-14-5-6-16-15(18-14)17-8-13-9-19-7-3-4-12(19)10-20-13/h5-6,11-13H,3-4,7-10H2,1-2H3,(H,16,17,18). The molecule has 2 saturated heterocycles. The van der Waals surface area contributed by atoms with Crippen molar-refractivity contribution in [2.45, 2.75) is 44.9 Å². The third-order valence-corrected chi connectivity index (χ3v) is 3.94. The number of nitrogens with zero attached hydrogens (tertiary/aromatic N) is 3. The van der Waals surface area contributed by atoms with Crippen molar-refractivity contribution in [3.05, 3.63) is 12.3 Å². The molecule has 0 aromatic carbocycles. The number of hydrogen-bond acceptors (Lipinski definition) is 6. The lowest BCUT2D eigenvalue weighted by molar-refractivity contribution is -0.0416. The van der Waals surface area contributed by atoms with Gasteiger partial charge in [-0.1, -0.05) is 0 Å². The minimum Gasteiger partial charge on any atom is -0.475 e. The summed E-state index contributed by atoms with van der Waals surface area (Å²) in [6.45, 7) is 7.76. The first kappa shape index (κ1) is 14.5. The molecule has 0 radical (unpaired) electrons. The van der Waals surface area contributed by atoms with Crippen LogP contribution in [0.3, 0.4) is 0 Å². The van der Waals surface area contributed by atoms with Crippen LogP contribution >= 0.6 is 0 Å². The predicted octanol–water partition coefficient (Wildman–Crippen LogP) is 1.54. The molecule has 0 bridgehead atoms. The molecule has 2 unspecified atom stereocenters. The fraction of sp³-hybridized carbons (Fsp3) is 0.733. The summed E-state index contributed by atoms with van der Waals surface area (Å²) in [7, 11) is 0. The monoisotopic (exact) mass is 292 g/mol. The van der Waals surface area contributed by atoms with Gasteiger partial charge in [0.05, 0.1) is 18.8 Å². The van der Waals surface area contributed by atoms with Crippen molar-refractivity contribution in [3.8, 4) is 5.88 Å². The van der Waals surface area contributed by atoms with E-state index in [4.69, 9.17) is 9.47 Å². The van der Waals surface area contributed by atoms with Crippen LogP contribution in [0.5, 0.6) is 5.88 Å². The van der Waals surface area contributed by atoms with Crippen molar-refractivity contribution in [1.29, 1.82) is 0 Å². The molecule has 1 aromatic heterocycles. The summed E-state index contributed by atoms with van der Waals surface area (Å²) in [6, 6.07) is 2.41. The number of morpholine rings is 1. The van der Waals surface area contributed by atoms with Crippen LogP contribution in [-0.2, 0) is 4.74 Å². The van der Waals surface area contributed by atoms with E-state index >= 15 is 0 Å². The summed E-state index contributed by atoms with van der Waals surface area (Å²) in [5.74, 6) is 1.20. The Morgan fingerprint density at radius 2 is 2.43 bits per heavy atom. The second kappa shape index (κ2) is 6.58. The maximum Gasteiger partial charge on any atom is 0.226 e. The first-order valence-electron chi connectivity index (χ1n) is 7.80. The molecule has 2 aliphatic rings. The van der Waals surface area contributed by atoms with Gasteiger partial charge < -0.3 is 14.8 Å². The summed E-state index contributed by atoms with van der Waals surface area (Å²) in [6.07, 6.45) is 4.61. The lowest BCUT2D eigenvalue weighted by atomic mass is 10.2. The molecular formula is C15H24N4O2. The van der Waals surface area contributed by atoms with Crippen molar-refractivity contribution in [2.75, 3.05) is 31.6 Å². The van der Waals surface area contributed by atoms with Gasteiger partial charge >= 0.3 is 0 Å². The third-order valence-electron chi connectivity index (χ3n) is 3.94. The molecular weight excluding hydrogens is 268 g/mol. The lowest BCUT2D eigenvalue weighted by Gasteiger charge is -2.35. The van der Waals surface area contributed by atoms with Gasteiger partial charge in [0.2, 0.25) is 11.8 Å². The van der Waals surface area contributed by atoms with E-state index < -0.39 is 0 Å². The molecule has 116 valence electrons. The van der Waals surface area contributed by atoms with Gasteiger partial charge in [-0.25, -0.2) is 4.98 Å². The topological polar surface area (TPSA) is 59.5 Å². The Labute approximate surface area is 125 Å². The molecule has 0 spiro atoms. The zero-order valence-corrected chi connectivity index (χ0v) is 12.8. The van der Waals surface area contributed by atoms with Gasteiger partial charge in [0, 0.05) is 31.4 Å². The van der Waals surface area contributed by atoms with Crippen LogP contribution in [0.15, 0.2) is 12.3 Å². The molecule has 6 heteroatoms. The largest absolute Gasteiger partial charge is 0.475 e. The number of aromatic nitrogens is 2. The van der Waals surface area contributed by atoms with Crippen LogP contribution in [0.25, 0.3) is 0 Å². The molecule has 2 aliphatic heterocycles. The maximum atomic E-state index is 5.92. The first-order chi connectivity index (χ1) is 10.2. The van der Waals surface area contributed by atoms with E-state index in [1.165, 1.54) is 19.4 Å². The van der Waals surface area contributed by atoms with Crippen LogP contribution in [0.2, 0.25) is 0 Å². The van der Waals surface area contributed by atoms with E-state index in [-0.39, 0.29) is 12.2 Å². The van der Waals surface area contributed by atoms with Gasteiger partial charge in [0.1, 0.15) is 0 Å². The molecule has 21 heavy (non-hydrogen) atoms. The Kier molecular flexibility index (Phi) is 4.55. The highest BCUT2D eigenvalue weighted by atomic mass is 16.5. The third kappa shape index (κ3) is 3.83. The van der Waals surface area contributed by atoms with Crippen molar-refractivity contribution in [2.24, 2.45) is 0 Å². The summed E-state index contributed by atoms with van der Waals surface area (Å²) in [5.41, 5.74) is 0. The fourth-order valence-electron chi connectivity index (χ4n) is 2.95. The molecule has 0 amide bonds. The quantitative estimate of drug-likeness (QED) is 0.888. The van der Waals surface area contributed by atoms with Crippen LogP contribution in [0.1, 0.15) is 26.7 Å². The minimum atomic E-state index is 0.113. The SMILES string of the molecule is CC(C)Oc1ccnc(NCC2CN3CCCC3CO2)n1. The van der Waals surface area contributed by atoms with Crippen LogP contribution in [0.4, 0.5) is 5.95 Å². The van der Waals surface area contributed by atoms with Gasteiger partial charge in [0.25, 0.3) is 0 Å². The number of nitrogens with one attached hydrogen (secondary N) is 1. The Morgan fingerprint density at radius 1 is 1.52 bits per heavy atom. The fourth-order valence-corrected chi connectivity index (χ4v) is 2.95. The van der Waals surface area contributed by atoms with E-state index in [9.17, 15) is 0 Å². The van der Waals surface area contributed by atoms with Gasteiger partial charge in [-0.15, -0.1) is 0 Å². The molecule has 1 N–H and O–H groups in total. The minimum absolute atomic E-state index is 0.113. The van der Waals surface area contributed by atoms with E-state index in [0.717, 1.165) is 19.7 Å². The number of hydrogen-bond donors (Lipinski definition) is 1. The molecule has 1 aromatic rings. The number of fused-ring (bicyclic) bond motifs is 1. The van der Waals surface area contributed by atoms with Crippen molar-refractivity contribution < 1.29 is 9.47 Å². The highest BCUT2D eigenvalue weighted by Crippen LogP contribution is 2.22. The molecule has 0 aliphatic carbocycles. The summed E-state index contributed by atoms with van der Waals surface area (Å²) >= 11 is 0. The van der Waals surface area contributed by atoms with Crippen molar-refractivity contribution in [1.82, 2.24) is 14.9 Å². The van der Waals surface area contributed by atoms with Crippen LogP contribution in [-0.4, -0.2) is 59.4 Å². The van der Waals surface area contributed by atoms with Gasteiger partial charge in [-0.3, -0.25) is 4.90 Å². The Balaban J connectivity index is 1.50. The van der Waals surface area contributed by atoms with Gasteiger partial charge in [-0.2, -0.15) is 4.98 Å². The average Bonchev–Trinajstić information content (AvgIpc) is 2.92. The zero-order chi connectivity index (χ0) is 14.7. The van der Waals surface area contributed by atoms with Gasteiger partial charge in [0.15, 0.2) is 0 Å². The van der Waals surface area contributed by atoms with E-state index in [1.807, 2.05) is 13.8 Å². The Morgan fingerprint density at radius 3 is 3.29 bits per heavy atom. The van der Waals surface area contributed by atoms with Crippen LogP contribution < -0.4 is 10.1 Å². The molecule has 0 saturated carbocycles. The number of anilines is 1. The van der Waals surface area contributed by atoms with Crippen molar-refractivity contribution in [3.63, 3.8) is 0 Å². The summed E-state index contributed by atoms with van der Waals surface area (Å²) in [5, 5.41) is 3.25. The Bertz CT molecular complexity index is 469. The number of ether oxygens (including phenoxy) is 2. The zero-order valence-electron chi connectivity index (χ0n) is 12.8. The molecule has 2 fully saturated rings. The second-order valence-electron chi connectivity index (χ2n) is 6.01.